The molecule has 0 bridgehead atoms. The Kier molecular flexibility index (Phi) is 5.59. The van der Waals surface area contributed by atoms with E-state index in [1.165, 1.54) is 25.7 Å². The molecular weight excluding hydrogens is 249 g/mol. The van der Waals surface area contributed by atoms with Gasteiger partial charge in [-0.3, -0.25) is 0 Å². The monoisotopic (exact) mass is 277 g/mol. The predicted molar refractivity (Wildman–Crippen MR) is 83.3 cm³/mol. The lowest BCUT2D eigenvalue weighted by molar-refractivity contribution is 0.220. The molecule has 0 saturated heterocycles. The molecule has 0 aliphatic heterocycles. The van der Waals surface area contributed by atoms with Crippen molar-refractivity contribution in [2.45, 2.75) is 58.9 Å². The molecule has 1 aromatic rings. The van der Waals surface area contributed by atoms with Crippen molar-refractivity contribution < 1.29 is 4.39 Å². The Balaban J connectivity index is 2.23. The summed E-state index contributed by atoms with van der Waals surface area (Å²) in [6.07, 6.45) is 6.14. The van der Waals surface area contributed by atoms with E-state index in [2.05, 4.69) is 19.2 Å². The fourth-order valence-corrected chi connectivity index (χ4v) is 3.52. The van der Waals surface area contributed by atoms with E-state index >= 15 is 0 Å². The molecule has 3 atom stereocenters. The molecule has 1 N–H and O–H groups in total. The summed E-state index contributed by atoms with van der Waals surface area (Å²) >= 11 is 0. The lowest BCUT2D eigenvalue weighted by atomic mass is 9.76. The van der Waals surface area contributed by atoms with Crippen LogP contribution < -0.4 is 5.32 Å². The summed E-state index contributed by atoms with van der Waals surface area (Å²) in [5, 5.41) is 3.60. The number of hydrogen-bond acceptors (Lipinski definition) is 1. The summed E-state index contributed by atoms with van der Waals surface area (Å²) in [6, 6.07) is 5.69. The van der Waals surface area contributed by atoms with Gasteiger partial charge in [-0.15, -0.1) is 0 Å². The summed E-state index contributed by atoms with van der Waals surface area (Å²) in [5.41, 5.74) is 2.02. The van der Waals surface area contributed by atoms with E-state index in [0.717, 1.165) is 30.0 Å². The first kappa shape index (κ1) is 15.5. The second-order valence-electron chi connectivity index (χ2n) is 6.49. The molecule has 112 valence electrons. The normalized spacial score (nSPS) is 24.6. The maximum absolute atomic E-state index is 14.3. The van der Waals surface area contributed by atoms with Crippen molar-refractivity contribution in [2.75, 3.05) is 6.54 Å². The van der Waals surface area contributed by atoms with Gasteiger partial charge in [0.05, 0.1) is 0 Å². The summed E-state index contributed by atoms with van der Waals surface area (Å²) < 4.78 is 14.3. The highest BCUT2D eigenvalue weighted by molar-refractivity contribution is 5.27. The van der Waals surface area contributed by atoms with Crippen LogP contribution in [0.3, 0.4) is 0 Å². The van der Waals surface area contributed by atoms with Gasteiger partial charge in [0.25, 0.3) is 0 Å². The smallest absolute Gasteiger partial charge is 0.128 e. The zero-order valence-electron chi connectivity index (χ0n) is 13.1. The predicted octanol–water partition coefficient (Wildman–Crippen LogP) is 5.00. The van der Waals surface area contributed by atoms with Crippen LogP contribution in [0, 0.1) is 24.6 Å². The molecule has 2 rings (SSSR count). The largest absolute Gasteiger partial charge is 0.310 e. The van der Waals surface area contributed by atoms with Gasteiger partial charge in [0.2, 0.25) is 0 Å². The fourth-order valence-electron chi connectivity index (χ4n) is 3.52. The van der Waals surface area contributed by atoms with E-state index in [4.69, 9.17) is 0 Å². The number of benzene rings is 1. The minimum Gasteiger partial charge on any atom is -0.310 e. The average Bonchev–Trinajstić information content (AvgIpc) is 2.43. The first-order valence-electron chi connectivity index (χ1n) is 8.11. The van der Waals surface area contributed by atoms with E-state index in [1.807, 2.05) is 19.1 Å². The van der Waals surface area contributed by atoms with Crippen LogP contribution in [0.25, 0.3) is 0 Å². The third-order valence-corrected chi connectivity index (χ3v) is 4.55. The van der Waals surface area contributed by atoms with Gasteiger partial charge in [-0.05, 0) is 50.6 Å². The SMILES string of the molecule is CCCNC(c1cc(C)ccc1F)C1CCCC(C)C1. The van der Waals surface area contributed by atoms with Crippen LogP contribution in [0.5, 0.6) is 0 Å². The van der Waals surface area contributed by atoms with Crippen LogP contribution in [-0.4, -0.2) is 6.54 Å². The lowest BCUT2D eigenvalue weighted by Crippen LogP contribution is -2.32. The third kappa shape index (κ3) is 3.82. The Labute approximate surface area is 123 Å². The standard InChI is InChI=1S/C18H28FN/c1-4-10-20-18(15-7-5-6-13(2)11-15)16-12-14(3)8-9-17(16)19/h8-9,12-13,15,18,20H,4-7,10-11H2,1-3H3. The van der Waals surface area contributed by atoms with Gasteiger partial charge in [-0.1, -0.05) is 44.4 Å². The molecule has 1 nitrogen and oxygen atoms in total. The van der Waals surface area contributed by atoms with Gasteiger partial charge in [-0.25, -0.2) is 4.39 Å². The maximum Gasteiger partial charge on any atom is 0.128 e. The zero-order valence-corrected chi connectivity index (χ0v) is 13.1. The quantitative estimate of drug-likeness (QED) is 0.798. The highest BCUT2D eigenvalue weighted by atomic mass is 19.1. The van der Waals surface area contributed by atoms with Gasteiger partial charge in [0.1, 0.15) is 5.82 Å². The number of halogens is 1. The molecule has 1 aliphatic rings. The van der Waals surface area contributed by atoms with Crippen molar-refractivity contribution in [3.8, 4) is 0 Å². The number of aryl methyl sites for hydroxylation is 1. The Hall–Kier alpha value is -0.890. The second kappa shape index (κ2) is 7.21. The molecule has 3 unspecified atom stereocenters. The van der Waals surface area contributed by atoms with Crippen molar-refractivity contribution in [3.63, 3.8) is 0 Å². The summed E-state index contributed by atoms with van der Waals surface area (Å²) in [6.45, 7) is 7.50. The Morgan fingerprint density at radius 2 is 2.15 bits per heavy atom. The van der Waals surface area contributed by atoms with E-state index in [9.17, 15) is 4.39 Å². The van der Waals surface area contributed by atoms with Gasteiger partial charge in [0, 0.05) is 11.6 Å². The minimum absolute atomic E-state index is 0.0533. The van der Waals surface area contributed by atoms with E-state index < -0.39 is 0 Å². The number of hydrogen-bond donors (Lipinski definition) is 1. The van der Waals surface area contributed by atoms with Crippen molar-refractivity contribution in [3.05, 3.63) is 35.1 Å². The van der Waals surface area contributed by atoms with Crippen molar-refractivity contribution in [1.29, 1.82) is 0 Å². The van der Waals surface area contributed by atoms with E-state index in [1.54, 1.807) is 6.07 Å². The maximum atomic E-state index is 14.3. The van der Waals surface area contributed by atoms with Crippen LogP contribution in [0.2, 0.25) is 0 Å². The molecule has 2 heteroatoms. The second-order valence-corrected chi connectivity index (χ2v) is 6.49. The molecule has 1 fully saturated rings. The number of rotatable bonds is 5. The summed E-state index contributed by atoms with van der Waals surface area (Å²) in [7, 11) is 0. The van der Waals surface area contributed by atoms with Gasteiger partial charge < -0.3 is 5.32 Å². The fraction of sp³-hybridized carbons (Fsp3) is 0.667. The minimum atomic E-state index is -0.0533. The molecule has 0 radical (unpaired) electrons. The molecule has 1 aliphatic carbocycles. The molecule has 1 saturated carbocycles. The van der Waals surface area contributed by atoms with Crippen molar-refractivity contribution >= 4 is 0 Å². The van der Waals surface area contributed by atoms with Gasteiger partial charge in [0.15, 0.2) is 0 Å². The van der Waals surface area contributed by atoms with Crippen LogP contribution in [-0.2, 0) is 0 Å². The summed E-state index contributed by atoms with van der Waals surface area (Å²) in [5.74, 6) is 1.29. The number of nitrogens with one attached hydrogen (secondary N) is 1. The molecule has 1 aromatic carbocycles. The van der Waals surface area contributed by atoms with E-state index in [-0.39, 0.29) is 11.9 Å². The summed E-state index contributed by atoms with van der Waals surface area (Å²) in [4.78, 5) is 0. The van der Waals surface area contributed by atoms with Crippen LogP contribution in [0.4, 0.5) is 4.39 Å². The highest BCUT2D eigenvalue weighted by Gasteiger charge is 2.29. The van der Waals surface area contributed by atoms with Gasteiger partial charge >= 0.3 is 0 Å². The van der Waals surface area contributed by atoms with Crippen LogP contribution in [0.15, 0.2) is 18.2 Å². The Morgan fingerprint density at radius 3 is 2.85 bits per heavy atom. The third-order valence-electron chi connectivity index (χ3n) is 4.55. The zero-order chi connectivity index (χ0) is 14.5. The Bertz CT molecular complexity index is 429. The first-order valence-corrected chi connectivity index (χ1v) is 8.11. The van der Waals surface area contributed by atoms with E-state index in [0.29, 0.717) is 5.92 Å². The lowest BCUT2D eigenvalue weighted by Gasteiger charge is -2.34. The molecular formula is C18H28FN. The molecule has 0 amide bonds. The molecule has 0 spiro atoms. The molecule has 0 heterocycles. The van der Waals surface area contributed by atoms with Gasteiger partial charge in [-0.2, -0.15) is 0 Å². The first-order chi connectivity index (χ1) is 9.61. The molecule has 0 aromatic heterocycles. The highest BCUT2D eigenvalue weighted by Crippen LogP contribution is 2.38. The molecule has 20 heavy (non-hydrogen) atoms. The Morgan fingerprint density at radius 1 is 1.35 bits per heavy atom. The van der Waals surface area contributed by atoms with Crippen LogP contribution in [0.1, 0.15) is 63.1 Å². The van der Waals surface area contributed by atoms with Crippen molar-refractivity contribution in [1.82, 2.24) is 5.32 Å². The average molecular weight is 277 g/mol. The van der Waals surface area contributed by atoms with Crippen molar-refractivity contribution in [2.24, 2.45) is 11.8 Å². The topological polar surface area (TPSA) is 12.0 Å². The van der Waals surface area contributed by atoms with Crippen LogP contribution >= 0.6 is 0 Å².